The SMILES string of the molecule is C[C@@]12CCC(=O)N1c1ccccc1C(=O)N2CCC(=O)NCc1ccc(O)cc1. The van der Waals surface area contributed by atoms with Crippen LogP contribution < -0.4 is 10.2 Å². The molecule has 150 valence electrons. The number of para-hydroxylation sites is 1. The van der Waals surface area contributed by atoms with E-state index in [0.29, 0.717) is 30.6 Å². The molecule has 3 amide bonds. The molecule has 4 rings (SSSR count). The van der Waals surface area contributed by atoms with Gasteiger partial charge in [-0.05, 0) is 43.2 Å². The maximum Gasteiger partial charge on any atom is 0.257 e. The van der Waals surface area contributed by atoms with Gasteiger partial charge in [0.2, 0.25) is 11.8 Å². The van der Waals surface area contributed by atoms with E-state index in [1.807, 2.05) is 13.0 Å². The summed E-state index contributed by atoms with van der Waals surface area (Å²) in [6.07, 6.45) is 1.06. The highest BCUT2D eigenvalue weighted by atomic mass is 16.3. The Morgan fingerprint density at radius 1 is 1.14 bits per heavy atom. The van der Waals surface area contributed by atoms with Crippen molar-refractivity contribution in [1.82, 2.24) is 10.2 Å². The number of hydrogen-bond donors (Lipinski definition) is 2. The number of phenols is 1. The lowest BCUT2D eigenvalue weighted by Crippen LogP contribution is -2.62. The average Bonchev–Trinajstić information content (AvgIpc) is 3.02. The van der Waals surface area contributed by atoms with Crippen LogP contribution in [0, 0.1) is 0 Å². The van der Waals surface area contributed by atoms with Crippen molar-refractivity contribution in [2.75, 3.05) is 11.4 Å². The van der Waals surface area contributed by atoms with Crippen molar-refractivity contribution < 1.29 is 19.5 Å². The highest BCUT2D eigenvalue weighted by Crippen LogP contribution is 2.43. The molecule has 2 N–H and O–H groups in total. The summed E-state index contributed by atoms with van der Waals surface area (Å²) in [4.78, 5) is 41.4. The van der Waals surface area contributed by atoms with Crippen LogP contribution in [0.2, 0.25) is 0 Å². The number of phenolic OH excluding ortho intramolecular Hbond substituents is 1. The van der Waals surface area contributed by atoms with Crippen LogP contribution in [0.25, 0.3) is 0 Å². The maximum atomic E-state index is 13.1. The smallest absolute Gasteiger partial charge is 0.257 e. The zero-order valence-electron chi connectivity index (χ0n) is 16.2. The largest absolute Gasteiger partial charge is 0.508 e. The molecule has 1 saturated heterocycles. The van der Waals surface area contributed by atoms with Gasteiger partial charge in [0, 0.05) is 25.9 Å². The van der Waals surface area contributed by atoms with Gasteiger partial charge in [0.05, 0.1) is 11.3 Å². The summed E-state index contributed by atoms with van der Waals surface area (Å²) in [6, 6.07) is 13.7. The molecule has 2 heterocycles. The molecule has 7 heteroatoms. The van der Waals surface area contributed by atoms with Gasteiger partial charge in [-0.1, -0.05) is 24.3 Å². The summed E-state index contributed by atoms with van der Waals surface area (Å²) < 4.78 is 0. The number of fused-ring (bicyclic) bond motifs is 3. The van der Waals surface area contributed by atoms with Gasteiger partial charge < -0.3 is 15.3 Å². The Morgan fingerprint density at radius 2 is 1.86 bits per heavy atom. The molecule has 0 saturated carbocycles. The van der Waals surface area contributed by atoms with E-state index in [1.54, 1.807) is 52.3 Å². The van der Waals surface area contributed by atoms with E-state index in [4.69, 9.17) is 0 Å². The molecule has 2 aromatic carbocycles. The molecule has 2 aliphatic heterocycles. The molecule has 0 spiro atoms. The Balaban J connectivity index is 1.46. The number of aromatic hydroxyl groups is 1. The molecule has 7 nitrogen and oxygen atoms in total. The minimum Gasteiger partial charge on any atom is -0.508 e. The third-order valence-corrected chi connectivity index (χ3v) is 5.73. The second-order valence-corrected chi connectivity index (χ2v) is 7.61. The maximum absolute atomic E-state index is 13.1. The number of nitrogens with one attached hydrogen (secondary N) is 1. The summed E-state index contributed by atoms with van der Waals surface area (Å²) in [5.74, 6) is -0.160. The number of rotatable bonds is 5. The third-order valence-electron chi connectivity index (χ3n) is 5.73. The second-order valence-electron chi connectivity index (χ2n) is 7.61. The molecule has 0 unspecified atom stereocenters. The van der Waals surface area contributed by atoms with Crippen LogP contribution in [0.4, 0.5) is 5.69 Å². The topological polar surface area (TPSA) is 90.0 Å². The van der Waals surface area contributed by atoms with Gasteiger partial charge in [0.25, 0.3) is 5.91 Å². The van der Waals surface area contributed by atoms with E-state index in [-0.39, 0.29) is 36.4 Å². The lowest BCUT2D eigenvalue weighted by atomic mass is 9.98. The fourth-order valence-electron chi connectivity index (χ4n) is 4.16. The minimum absolute atomic E-state index is 0.00534. The zero-order valence-corrected chi connectivity index (χ0v) is 16.2. The Hall–Kier alpha value is -3.35. The van der Waals surface area contributed by atoms with Gasteiger partial charge in [-0.2, -0.15) is 0 Å². The number of hydrogen-bond acceptors (Lipinski definition) is 4. The van der Waals surface area contributed by atoms with E-state index in [2.05, 4.69) is 5.32 Å². The number of carbonyl (C=O) groups is 3. The van der Waals surface area contributed by atoms with Gasteiger partial charge in [-0.25, -0.2) is 0 Å². The number of benzene rings is 2. The van der Waals surface area contributed by atoms with Crippen LogP contribution in [0.1, 0.15) is 42.1 Å². The fraction of sp³-hybridized carbons (Fsp3) is 0.318. The van der Waals surface area contributed by atoms with Gasteiger partial charge in [-0.15, -0.1) is 0 Å². The molecule has 0 aliphatic carbocycles. The highest BCUT2D eigenvalue weighted by molar-refractivity contribution is 6.10. The number of carbonyl (C=O) groups excluding carboxylic acids is 3. The van der Waals surface area contributed by atoms with Crippen molar-refractivity contribution >= 4 is 23.4 Å². The first kappa shape index (κ1) is 19.0. The number of amides is 3. The summed E-state index contributed by atoms with van der Waals surface area (Å²) in [5.41, 5.74) is 1.26. The Kier molecular flexibility index (Phi) is 4.74. The molecule has 0 bridgehead atoms. The summed E-state index contributed by atoms with van der Waals surface area (Å²) in [6.45, 7) is 2.46. The van der Waals surface area contributed by atoms with Crippen molar-refractivity contribution in [2.45, 2.75) is 38.4 Å². The molecule has 1 fully saturated rings. The monoisotopic (exact) mass is 393 g/mol. The standard InChI is InChI=1S/C22H23N3O4/c1-22-12-10-20(28)25(22)18-5-3-2-4-17(18)21(29)24(22)13-11-19(27)23-14-15-6-8-16(26)9-7-15/h2-9,26H,10-14H2,1H3,(H,23,27)/t22-/m0/s1. The van der Waals surface area contributed by atoms with Crippen LogP contribution >= 0.6 is 0 Å². The lowest BCUT2D eigenvalue weighted by Gasteiger charge is -2.48. The quantitative estimate of drug-likeness (QED) is 0.816. The van der Waals surface area contributed by atoms with Crippen LogP contribution in [-0.4, -0.2) is 39.9 Å². The van der Waals surface area contributed by atoms with E-state index >= 15 is 0 Å². The second kappa shape index (κ2) is 7.24. The van der Waals surface area contributed by atoms with E-state index in [1.165, 1.54) is 0 Å². The average molecular weight is 393 g/mol. The van der Waals surface area contributed by atoms with E-state index < -0.39 is 5.66 Å². The lowest BCUT2D eigenvalue weighted by molar-refractivity contribution is -0.121. The van der Waals surface area contributed by atoms with Gasteiger partial charge >= 0.3 is 0 Å². The summed E-state index contributed by atoms with van der Waals surface area (Å²) in [7, 11) is 0. The fourth-order valence-corrected chi connectivity index (χ4v) is 4.16. The summed E-state index contributed by atoms with van der Waals surface area (Å²) >= 11 is 0. The van der Waals surface area contributed by atoms with Crippen LogP contribution in [0.5, 0.6) is 5.75 Å². The molecule has 0 radical (unpaired) electrons. The number of nitrogens with zero attached hydrogens (tertiary/aromatic N) is 2. The molecule has 1 atom stereocenters. The molecule has 0 aromatic heterocycles. The van der Waals surface area contributed by atoms with Crippen molar-refractivity contribution in [3.63, 3.8) is 0 Å². The van der Waals surface area contributed by atoms with Gasteiger partial charge in [0.1, 0.15) is 11.4 Å². The summed E-state index contributed by atoms with van der Waals surface area (Å²) in [5, 5.41) is 12.2. The predicted molar refractivity (Wildman–Crippen MR) is 107 cm³/mol. The first-order valence-corrected chi connectivity index (χ1v) is 9.69. The van der Waals surface area contributed by atoms with Crippen LogP contribution in [-0.2, 0) is 16.1 Å². The minimum atomic E-state index is -0.750. The molecular weight excluding hydrogens is 370 g/mol. The molecular formula is C22H23N3O4. The molecule has 2 aromatic rings. The van der Waals surface area contributed by atoms with Crippen molar-refractivity contribution in [1.29, 1.82) is 0 Å². The zero-order chi connectivity index (χ0) is 20.6. The van der Waals surface area contributed by atoms with Gasteiger partial charge in [0.15, 0.2) is 0 Å². The van der Waals surface area contributed by atoms with Gasteiger partial charge in [-0.3, -0.25) is 19.3 Å². The molecule has 2 aliphatic rings. The Morgan fingerprint density at radius 3 is 2.62 bits per heavy atom. The van der Waals surface area contributed by atoms with Crippen LogP contribution in [0.15, 0.2) is 48.5 Å². The third kappa shape index (κ3) is 3.33. The number of anilines is 1. The van der Waals surface area contributed by atoms with Crippen LogP contribution in [0.3, 0.4) is 0 Å². The normalized spacial score (nSPS) is 20.4. The van der Waals surface area contributed by atoms with E-state index in [0.717, 1.165) is 5.56 Å². The first-order valence-electron chi connectivity index (χ1n) is 9.69. The Labute approximate surface area is 168 Å². The van der Waals surface area contributed by atoms with Crippen molar-refractivity contribution in [3.8, 4) is 5.75 Å². The van der Waals surface area contributed by atoms with Crippen molar-refractivity contribution in [2.24, 2.45) is 0 Å². The predicted octanol–water partition coefficient (Wildman–Crippen LogP) is 2.40. The van der Waals surface area contributed by atoms with Crippen molar-refractivity contribution in [3.05, 3.63) is 59.7 Å². The van der Waals surface area contributed by atoms with E-state index in [9.17, 15) is 19.5 Å². The molecule has 29 heavy (non-hydrogen) atoms. The first-order chi connectivity index (χ1) is 13.9. The Bertz CT molecular complexity index is 972. The highest BCUT2D eigenvalue weighted by Gasteiger charge is 2.52.